The van der Waals surface area contributed by atoms with Crippen LogP contribution in [-0.2, 0) is 16.0 Å². The summed E-state index contributed by atoms with van der Waals surface area (Å²) >= 11 is 0. The van der Waals surface area contributed by atoms with Crippen LogP contribution in [0.3, 0.4) is 0 Å². The van der Waals surface area contributed by atoms with Gasteiger partial charge in [-0.3, -0.25) is 4.79 Å². The Morgan fingerprint density at radius 2 is 1.90 bits per heavy atom. The van der Waals surface area contributed by atoms with Crippen molar-refractivity contribution in [2.75, 3.05) is 13.2 Å². The number of Topliss-reactive ketones (excluding diaryl/α,β-unsaturated/α-hetero) is 1. The van der Waals surface area contributed by atoms with Crippen molar-refractivity contribution in [3.63, 3.8) is 0 Å². The van der Waals surface area contributed by atoms with Gasteiger partial charge >= 0.3 is 0 Å². The lowest BCUT2D eigenvalue weighted by atomic mass is 9.94. The summed E-state index contributed by atoms with van der Waals surface area (Å²) in [6.45, 7) is 12.6. The summed E-state index contributed by atoms with van der Waals surface area (Å²) in [6, 6.07) is 15.7. The van der Waals surface area contributed by atoms with Crippen molar-refractivity contribution in [2.24, 2.45) is 0 Å². The van der Waals surface area contributed by atoms with Crippen LogP contribution in [0.1, 0.15) is 68.2 Å². The third-order valence-corrected chi connectivity index (χ3v) is 7.30. The molecule has 6 nitrogen and oxygen atoms in total. The van der Waals surface area contributed by atoms with E-state index >= 15 is 0 Å². The van der Waals surface area contributed by atoms with Crippen molar-refractivity contribution in [3.05, 3.63) is 82.8 Å². The van der Waals surface area contributed by atoms with Gasteiger partial charge in [0.05, 0.1) is 25.7 Å². The minimum Gasteiger partial charge on any atom is -0.486 e. The zero-order chi connectivity index (χ0) is 27.2. The Hall–Kier alpha value is -4.13. The lowest BCUT2D eigenvalue weighted by Gasteiger charge is -2.22. The Labute approximate surface area is 230 Å². The number of pyridine rings is 1. The molecule has 1 aliphatic heterocycles. The quantitative estimate of drug-likeness (QED) is 0.236. The van der Waals surface area contributed by atoms with E-state index in [2.05, 4.69) is 21.7 Å². The molecule has 2 atom stereocenters. The standard InChI is InChI=1S/C33H32N2O4/c1-4-5-24(20-22(2)36)23-6-9-26(10-7-23)38-31-14-12-29-28(31)11-13-30(34-3)33(29)25-8-15-32(35-21-25)39-27-16-18-37-19-17-27/h6-11,13,15,21,24,27,31H,12,14,16-20H2,1-2H3/t24-,31+/m0/s1. The van der Waals surface area contributed by atoms with Gasteiger partial charge in [0.2, 0.25) is 5.88 Å². The van der Waals surface area contributed by atoms with Crippen molar-refractivity contribution in [1.29, 1.82) is 0 Å². The number of carbonyl (C=O) groups is 1. The number of benzene rings is 2. The molecule has 0 N–H and O–H groups in total. The minimum atomic E-state index is -0.106. The zero-order valence-corrected chi connectivity index (χ0v) is 22.4. The summed E-state index contributed by atoms with van der Waals surface area (Å²) in [5.74, 6) is 7.46. The second-order valence-electron chi connectivity index (χ2n) is 10.0. The molecule has 39 heavy (non-hydrogen) atoms. The molecule has 0 radical (unpaired) electrons. The molecule has 1 aliphatic carbocycles. The maximum atomic E-state index is 11.7. The highest BCUT2D eigenvalue weighted by atomic mass is 16.5. The molecule has 6 heteroatoms. The summed E-state index contributed by atoms with van der Waals surface area (Å²) in [6.07, 6.45) is 5.63. The molecule has 198 valence electrons. The number of ether oxygens (including phenoxy) is 3. The molecule has 1 aromatic heterocycles. The van der Waals surface area contributed by atoms with E-state index in [4.69, 9.17) is 20.8 Å². The number of carbonyl (C=O) groups excluding carboxylic acids is 1. The number of ketones is 1. The van der Waals surface area contributed by atoms with Gasteiger partial charge in [0.1, 0.15) is 23.7 Å². The number of aromatic nitrogens is 1. The van der Waals surface area contributed by atoms with Gasteiger partial charge in [-0.15, -0.1) is 5.92 Å². The topological polar surface area (TPSA) is 62.0 Å². The molecular weight excluding hydrogens is 488 g/mol. The first-order valence-corrected chi connectivity index (χ1v) is 13.5. The van der Waals surface area contributed by atoms with Crippen LogP contribution >= 0.6 is 0 Å². The fourth-order valence-electron chi connectivity index (χ4n) is 5.41. The maximum Gasteiger partial charge on any atom is 0.213 e. The average Bonchev–Trinajstić information content (AvgIpc) is 3.36. The summed E-state index contributed by atoms with van der Waals surface area (Å²) in [5.41, 5.74) is 5.72. The predicted molar refractivity (Wildman–Crippen MR) is 150 cm³/mol. The monoisotopic (exact) mass is 520 g/mol. The van der Waals surface area contributed by atoms with Gasteiger partial charge in [0, 0.05) is 31.5 Å². The maximum absolute atomic E-state index is 11.7. The molecule has 1 saturated heterocycles. The second kappa shape index (κ2) is 12.2. The van der Waals surface area contributed by atoms with E-state index in [1.54, 1.807) is 13.8 Å². The summed E-state index contributed by atoms with van der Waals surface area (Å²) in [5, 5.41) is 0. The predicted octanol–water partition coefficient (Wildman–Crippen LogP) is 7.01. The molecule has 2 aromatic carbocycles. The van der Waals surface area contributed by atoms with Gasteiger partial charge in [0.15, 0.2) is 5.69 Å². The van der Waals surface area contributed by atoms with Gasteiger partial charge in [0.25, 0.3) is 0 Å². The molecule has 0 unspecified atom stereocenters. The van der Waals surface area contributed by atoms with Crippen LogP contribution in [0.2, 0.25) is 0 Å². The number of nitrogens with zero attached hydrogens (tertiary/aromatic N) is 2. The third kappa shape index (κ3) is 6.14. The van der Waals surface area contributed by atoms with Crippen molar-refractivity contribution in [1.82, 2.24) is 4.98 Å². The molecule has 0 saturated carbocycles. The first-order valence-electron chi connectivity index (χ1n) is 13.5. The third-order valence-electron chi connectivity index (χ3n) is 7.30. The van der Waals surface area contributed by atoms with Crippen LogP contribution in [0.15, 0.2) is 54.7 Å². The van der Waals surface area contributed by atoms with Crippen molar-refractivity contribution in [2.45, 2.75) is 64.1 Å². The molecule has 0 amide bonds. The first-order chi connectivity index (χ1) is 19.1. The molecule has 5 rings (SSSR count). The van der Waals surface area contributed by atoms with Crippen LogP contribution in [0.4, 0.5) is 5.69 Å². The smallest absolute Gasteiger partial charge is 0.213 e. The fourth-order valence-corrected chi connectivity index (χ4v) is 5.41. The Kier molecular flexibility index (Phi) is 8.25. The Morgan fingerprint density at radius 1 is 1.10 bits per heavy atom. The van der Waals surface area contributed by atoms with Crippen LogP contribution in [0, 0.1) is 18.4 Å². The number of hydrogen-bond acceptors (Lipinski definition) is 5. The highest BCUT2D eigenvalue weighted by Gasteiger charge is 2.28. The fraction of sp³-hybridized carbons (Fsp3) is 0.364. The van der Waals surface area contributed by atoms with E-state index in [0.29, 0.717) is 31.2 Å². The summed E-state index contributed by atoms with van der Waals surface area (Å²) < 4.78 is 17.9. The molecular formula is C33H32N2O4. The van der Waals surface area contributed by atoms with Gasteiger partial charge < -0.3 is 14.2 Å². The Morgan fingerprint density at radius 3 is 2.56 bits per heavy atom. The molecule has 3 aromatic rings. The van der Waals surface area contributed by atoms with Gasteiger partial charge in [-0.2, -0.15) is 0 Å². The summed E-state index contributed by atoms with van der Waals surface area (Å²) in [7, 11) is 0. The number of fused-ring (bicyclic) bond motifs is 1. The number of rotatable bonds is 8. The highest BCUT2D eigenvalue weighted by Crippen LogP contribution is 2.44. The van der Waals surface area contributed by atoms with Crippen LogP contribution in [0.25, 0.3) is 16.0 Å². The lowest BCUT2D eigenvalue weighted by molar-refractivity contribution is -0.117. The van der Waals surface area contributed by atoms with Crippen molar-refractivity contribution >= 4 is 11.5 Å². The van der Waals surface area contributed by atoms with Crippen LogP contribution in [-0.4, -0.2) is 30.1 Å². The van der Waals surface area contributed by atoms with Gasteiger partial charge in [-0.05, 0) is 72.7 Å². The Bertz CT molecular complexity index is 1420. The van der Waals surface area contributed by atoms with E-state index in [-0.39, 0.29) is 23.9 Å². The second-order valence-corrected chi connectivity index (χ2v) is 10.0. The van der Waals surface area contributed by atoms with E-state index in [1.807, 2.05) is 54.7 Å². The summed E-state index contributed by atoms with van der Waals surface area (Å²) in [4.78, 5) is 20.0. The van der Waals surface area contributed by atoms with E-state index < -0.39 is 0 Å². The van der Waals surface area contributed by atoms with Gasteiger partial charge in [-0.25, -0.2) is 9.83 Å². The Balaban J connectivity index is 1.34. The van der Waals surface area contributed by atoms with Gasteiger partial charge in [-0.1, -0.05) is 30.2 Å². The molecule has 2 aliphatic rings. The van der Waals surface area contributed by atoms with Crippen LogP contribution < -0.4 is 9.47 Å². The zero-order valence-electron chi connectivity index (χ0n) is 22.4. The van der Waals surface area contributed by atoms with Crippen LogP contribution in [0.5, 0.6) is 11.6 Å². The number of hydrogen-bond donors (Lipinski definition) is 0. The van der Waals surface area contributed by atoms with Crippen molar-refractivity contribution in [3.8, 4) is 34.6 Å². The minimum absolute atomic E-state index is 0.100. The van der Waals surface area contributed by atoms with E-state index in [9.17, 15) is 4.79 Å². The van der Waals surface area contributed by atoms with E-state index in [1.165, 1.54) is 0 Å². The average molecular weight is 521 g/mol. The lowest BCUT2D eigenvalue weighted by Crippen LogP contribution is -2.26. The highest BCUT2D eigenvalue weighted by molar-refractivity contribution is 5.83. The largest absolute Gasteiger partial charge is 0.486 e. The van der Waals surface area contributed by atoms with Crippen molar-refractivity contribution < 1.29 is 19.0 Å². The normalized spacial score (nSPS) is 17.3. The van der Waals surface area contributed by atoms with E-state index in [0.717, 1.165) is 59.3 Å². The first kappa shape index (κ1) is 26.5. The molecule has 0 spiro atoms. The SMILES string of the molecule is [C-]#[N+]c1ccc2c(c1-c1ccc(OC3CCOCC3)nc1)CC[C@H]2Oc1ccc([C@@H](C#CC)CC(C)=O)cc1. The molecule has 1 fully saturated rings. The molecule has 0 bridgehead atoms. The molecule has 2 heterocycles.